The van der Waals surface area contributed by atoms with E-state index in [1.165, 1.54) is 6.07 Å². The molecule has 2 rings (SSSR count). The molecule has 0 aromatic carbocycles. The lowest BCUT2D eigenvalue weighted by Gasteiger charge is -2.03. The predicted molar refractivity (Wildman–Crippen MR) is 55.4 cm³/mol. The van der Waals surface area contributed by atoms with E-state index in [1.54, 1.807) is 0 Å². The molecule has 2 N–H and O–H groups in total. The number of hydrogen-bond acceptors (Lipinski definition) is 4. The number of aromatic carboxylic acids is 1. The van der Waals surface area contributed by atoms with Gasteiger partial charge in [-0.05, 0) is 18.9 Å². The van der Waals surface area contributed by atoms with Crippen LogP contribution in [0.5, 0.6) is 0 Å². The largest absolute Gasteiger partial charge is 0.477 e. The van der Waals surface area contributed by atoms with Gasteiger partial charge in [0.2, 0.25) is 0 Å². The summed E-state index contributed by atoms with van der Waals surface area (Å²) in [6.07, 6.45) is 1.97. The number of aromatic nitrogens is 2. The van der Waals surface area contributed by atoms with Crippen LogP contribution in [0.3, 0.4) is 0 Å². The number of carboxylic acids is 1. The maximum Gasteiger partial charge on any atom is 0.354 e. The second-order valence-electron chi connectivity index (χ2n) is 3.64. The van der Waals surface area contributed by atoms with Gasteiger partial charge in [-0.25, -0.2) is 19.0 Å². The van der Waals surface area contributed by atoms with Gasteiger partial charge in [-0.3, -0.25) is 0 Å². The Bertz CT molecular complexity index is 459. The van der Waals surface area contributed by atoms with Crippen LogP contribution >= 0.6 is 0 Å². The van der Waals surface area contributed by atoms with Crippen molar-refractivity contribution in [3.05, 3.63) is 23.3 Å². The number of rotatable bonds is 4. The third kappa shape index (κ3) is 2.61. The molecule has 1 fully saturated rings. The first kappa shape index (κ1) is 11.2. The summed E-state index contributed by atoms with van der Waals surface area (Å²) in [4.78, 5) is 18.6. The summed E-state index contributed by atoms with van der Waals surface area (Å²) in [5, 5.41) is 8.84. The highest BCUT2D eigenvalue weighted by atomic mass is 32.2. The topological polar surface area (TPSA) is 100 Å². The second-order valence-corrected chi connectivity index (χ2v) is 4.57. The van der Waals surface area contributed by atoms with Crippen molar-refractivity contribution in [3.8, 4) is 0 Å². The highest BCUT2D eigenvalue weighted by Gasteiger charge is 2.27. The standard InChI is InChI=1S/C9H10N2O4S/c12-9(13)7-3-6(5-1-2-5)10-8(11-7)4-16(14)15/h3,5H,1-2,4H2,(H,12,13)(H,14,15). The van der Waals surface area contributed by atoms with Gasteiger partial charge in [0.15, 0.2) is 16.8 Å². The van der Waals surface area contributed by atoms with Gasteiger partial charge in [0.25, 0.3) is 0 Å². The van der Waals surface area contributed by atoms with E-state index >= 15 is 0 Å². The van der Waals surface area contributed by atoms with Crippen LogP contribution < -0.4 is 0 Å². The van der Waals surface area contributed by atoms with Gasteiger partial charge in [0.1, 0.15) is 11.6 Å². The van der Waals surface area contributed by atoms with Crippen molar-refractivity contribution >= 4 is 17.0 Å². The number of hydrogen-bond donors (Lipinski definition) is 2. The molecular formula is C9H10N2O4S. The average molecular weight is 242 g/mol. The van der Waals surface area contributed by atoms with Gasteiger partial charge in [-0.2, -0.15) is 0 Å². The lowest BCUT2D eigenvalue weighted by Crippen LogP contribution is -2.09. The highest BCUT2D eigenvalue weighted by Crippen LogP contribution is 2.39. The monoisotopic (exact) mass is 242 g/mol. The van der Waals surface area contributed by atoms with Crippen molar-refractivity contribution < 1.29 is 18.7 Å². The van der Waals surface area contributed by atoms with Gasteiger partial charge in [-0.15, -0.1) is 0 Å². The summed E-state index contributed by atoms with van der Waals surface area (Å²) in [5.74, 6) is -0.982. The Kier molecular flexibility index (Phi) is 2.97. The quantitative estimate of drug-likeness (QED) is 0.756. The first-order valence-corrected chi connectivity index (χ1v) is 6.02. The van der Waals surface area contributed by atoms with Crippen molar-refractivity contribution in [1.29, 1.82) is 0 Å². The second kappa shape index (κ2) is 4.26. The van der Waals surface area contributed by atoms with Crippen molar-refractivity contribution in [2.75, 3.05) is 0 Å². The molecular weight excluding hydrogens is 232 g/mol. The maximum atomic E-state index is 10.8. The Labute approximate surface area is 94.0 Å². The molecule has 1 aromatic rings. The molecule has 0 spiro atoms. The summed E-state index contributed by atoms with van der Waals surface area (Å²) in [6.45, 7) is 0. The van der Waals surface area contributed by atoms with Gasteiger partial charge in [0.05, 0.1) is 0 Å². The fourth-order valence-electron chi connectivity index (χ4n) is 1.39. The van der Waals surface area contributed by atoms with Crippen LogP contribution in [0.4, 0.5) is 0 Å². The molecule has 1 aromatic heterocycles. The summed E-state index contributed by atoms with van der Waals surface area (Å²) in [5.41, 5.74) is 0.546. The molecule has 1 atom stereocenters. The minimum absolute atomic E-state index is 0.114. The first-order chi connectivity index (χ1) is 7.56. The SMILES string of the molecule is O=C(O)c1cc(C2CC2)nc(CS(=O)O)n1. The smallest absolute Gasteiger partial charge is 0.354 e. The van der Waals surface area contributed by atoms with Crippen LogP contribution in [0.2, 0.25) is 0 Å². The summed E-state index contributed by atoms with van der Waals surface area (Å²) in [6, 6.07) is 1.43. The zero-order chi connectivity index (χ0) is 11.7. The molecule has 1 unspecified atom stereocenters. The van der Waals surface area contributed by atoms with Crippen LogP contribution in [0.25, 0.3) is 0 Å². The van der Waals surface area contributed by atoms with Crippen LogP contribution in [-0.2, 0) is 16.8 Å². The third-order valence-electron chi connectivity index (χ3n) is 2.26. The number of carboxylic acid groups (broad SMARTS) is 1. The Morgan fingerprint density at radius 3 is 2.69 bits per heavy atom. The van der Waals surface area contributed by atoms with Gasteiger partial charge < -0.3 is 9.66 Å². The molecule has 1 aliphatic carbocycles. The molecule has 7 heteroatoms. The maximum absolute atomic E-state index is 10.8. The lowest BCUT2D eigenvalue weighted by atomic mass is 10.2. The zero-order valence-electron chi connectivity index (χ0n) is 8.29. The normalized spacial score (nSPS) is 17.1. The molecule has 0 bridgehead atoms. The fraction of sp³-hybridized carbons (Fsp3) is 0.444. The van der Waals surface area contributed by atoms with Gasteiger partial charge >= 0.3 is 5.97 Å². The van der Waals surface area contributed by atoms with Crippen molar-refractivity contribution in [2.45, 2.75) is 24.5 Å². The number of nitrogens with zero attached hydrogens (tertiary/aromatic N) is 2. The van der Waals surface area contributed by atoms with E-state index in [0.717, 1.165) is 12.8 Å². The van der Waals surface area contributed by atoms with E-state index in [4.69, 9.17) is 9.66 Å². The first-order valence-electron chi connectivity index (χ1n) is 4.75. The summed E-state index contributed by atoms with van der Waals surface area (Å²) < 4.78 is 19.4. The van der Waals surface area contributed by atoms with E-state index in [2.05, 4.69) is 9.97 Å². The molecule has 0 saturated heterocycles. The van der Waals surface area contributed by atoms with Crippen LogP contribution in [0.15, 0.2) is 6.07 Å². The Morgan fingerprint density at radius 2 is 2.19 bits per heavy atom. The molecule has 0 radical (unpaired) electrons. The Balaban J connectivity index is 2.36. The third-order valence-corrected chi connectivity index (χ3v) is 2.76. The molecule has 1 aliphatic rings. The van der Waals surface area contributed by atoms with Crippen molar-refractivity contribution in [1.82, 2.24) is 9.97 Å². The Morgan fingerprint density at radius 1 is 1.50 bits per heavy atom. The molecule has 6 nitrogen and oxygen atoms in total. The van der Waals surface area contributed by atoms with E-state index in [-0.39, 0.29) is 23.2 Å². The van der Waals surface area contributed by atoms with Crippen LogP contribution in [0.1, 0.15) is 40.8 Å². The minimum Gasteiger partial charge on any atom is -0.477 e. The summed E-state index contributed by atoms with van der Waals surface area (Å²) >= 11 is -2.06. The fourth-order valence-corrected chi connectivity index (χ4v) is 1.74. The molecule has 1 saturated carbocycles. The van der Waals surface area contributed by atoms with E-state index < -0.39 is 17.0 Å². The average Bonchev–Trinajstić information content (AvgIpc) is 2.98. The van der Waals surface area contributed by atoms with E-state index in [0.29, 0.717) is 5.69 Å². The van der Waals surface area contributed by atoms with E-state index in [1.807, 2.05) is 0 Å². The predicted octanol–water partition coefficient (Wildman–Crippen LogP) is 0.774. The molecule has 0 amide bonds. The van der Waals surface area contributed by atoms with Crippen molar-refractivity contribution in [2.24, 2.45) is 0 Å². The molecule has 1 heterocycles. The molecule has 16 heavy (non-hydrogen) atoms. The summed E-state index contributed by atoms with van der Waals surface area (Å²) in [7, 11) is 0. The number of carbonyl (C=O) groups is 1. The van der Waals surface area contributed by atoms with Gasteiger partial charge in [-0.1, -0.05) is 0 Å². The molecule has 86 valence electrons. The van der Waals surface area contributed by atoms with Gasteiger partial charge in [0, 0.05) is 11.6 Å². The minimum atomic E-state index is -2.06. The molecule has 0 aliphatic heterocycles. The van der Waals surface area contributed by atoms with Crippen LogP contribution in [-0.4, -0.2) is 29.8 Å². The van der Waals surface area contributed by atoms with Crippen LogP contribution in [0, 0.1) is 0 Å². The Hall–Kier alpha value is -1.34. The van der Waals surface area contributed by atoms with Crippen molar-refractivity contribution in [3.63, 3.8) is 0 Å². The lowest BCUT2D eigenvalue weighted by molar-refractivity contribution is 0.0689. The van der Waals surface area contributed by atoms with E-state index in [9.17, 15) is 9.00 Å². The zero-order valence-corrected chi connectivity index (χ0v) is 9.11. The highest BCUT2D eigenvalue weighted by molar-refractivity contribution is 7.78.